The highest BCUT2D eigenvalue weighted by molar-refractivity contribution is 5.01. The Morgan fingerprint density at radius 2 is 2.08 bits per heavy atom. The van der Waals surface area contributed by atoms with Gasteiger partial charge in [0.25, 0.3) is 0 Å². The van der Waals surface area contributed by atoms with Crippen LogP contribution in [-0.4, -0.2) is 32.8 Å². The summed E-state index contributed by atoms with van der Waals surface area (Å²) in [7, 11) is 0. The summed E-state index contributed by atoms with van der Waals surface area (Å²) in [6, 6.07) is 0. The van der Waals surface area contributed by atoms with Gasteiger partial charge in [0, 0.05) is 5.41 Å². The molecule has 0 aromatic heterocycles. The molecule has 3 N–H and O–H groups in total. The Labute approximate surface area is 80.0 Å². The van der Waals surface area contributed by atoms with Crippen LogP contribution in [0.4, 0.5) is 0 Å². The summed E-state index contributed by atoms with van der Waals surface area (Å²) in [4.78, 5) is 0. The van der Waals surface area contributed by atoms with E-state index in [0.717, 1.165) is 38.8 Å². The van der Waals surface area contributed by atoms with Crippen molar-refractivity contribution in [2.75, 3.05) is 32.8 Å². The summed E-state index contributed by atoms with van der Waals surface area (Å²) < 4.78 is 5.40. The predicted molar refractivity (Wildman–Crippen MR) is 52.4 cm³/mol. The standard InChI is InChI=1S/C10H20N2O/c1-2-8-4-12-5-9(3-11)10(8)6-13-7-10/h8-9,12H,2-7,11H2,1H3. The fraction of sp³-hybridized carbons (Fsp3) is 1.00. The molecule has 2 rings (SSSR count). The lowest BCUT2D eigenvalue weighted by atomic mass is 9.62. The Hall–Kier alpha value is -0.120. The lowest BCUT2D eigenvalue weighted by Crippen LogP contribution is -2.63. The molecule has 3 heteroatoms. The first-order valence-electron chi connectivity index (χ1n) is 5.32. The molecule has 2 atom stereocenters. The molecule has 0 aromatic carbocycles. The van der Waals surface area contributed by atoms with Crippen molar-refractivity contribution in [2.24, 2.45) is 23.0 Å². The summed E-state index contributed by atoms with van der Waals surface area (Å²) in [5.74, 6) is 1.39. The highest BCUT2D eigenvalue weighted by atomic mass is 16.5. The summed E-state index contributed by atoms with van der Waals surface area (Å²) >= 11 is 0. The van der Waals surface area contributed by atoms with Crippen LogP contribution in [0.3, 0.4) is 0 Å². The van der Waals surface area contributed by atoms with Gasteiger partial charge in [-0.25, -0.2) is 0 Å². The minimum absolute atomic E-state index is 0.425. The zero-order valence-corrected chi connectivity index (χ0v) is 8.38. The molecule has 76 valence electrons. The molecule has 0 aliphatic carbocycles. The average Bonchev–Trinajstić information content (AvgIpc) is 2.13. The fourth-order valence-corrected chi connectivity index (χ4v) is 2.85. The van der Waals surface area contributed by atoms with E-state index in [0.29, 0.717) is 11.3 Å². The third-order valence-corrected chi connectivity index (χ3v) is 3.93. The van der Waals surface area contributed by atoms with Crippen LogP contribution in [0.2, 0.25) is 0 Å². The normalized spacial score (nSPS) is 37.4. The van der Waals surface area contributed by atoms with E-state index < -0.39 is 0 Å². The molecule has 3 nitrogen and oxygen atoms in total. The van der Waals surface area contributed by atoms with E-state index in [4.69, 9.17) is 10.5 Å². The maximum absolute atomic E-state index is 5.81. The van der Waals surface area contributed by atoms with Crippen LogP contribution in [0.1, 0.15) is 13.3 Å². The highest BCUT2D eigenvalue weighted by Crippen LogP contribution is 2.45. The quantitative estimate of drug-likeness (QED) is 0.645. The Kier molecular flexibility index (Phi) is 2.58. The third kappa shape index (κ3) is 1.30. The maximum atomic E-state index is 5.81. The van der Waals surface area contributed by atoms with Gasteiger partial charge in [0.05, 0.1) is 13.2 Å². The molecule has 13 heavy (non-hydrogen) atoms. The average molecular weight is 184 g/mol. The van der Waals surface area contributed by atoms with Crippen LogP contribution in [0.5, 0.6) is 0 Å². The van der Waals surface area contributed by atoms with Crippen molar-refractivity contribution in [3.05, 3.63) is 0 Å². The fourth-order valence-electron chi connectivity index (χ4n) is 2.85. The molecule has 0 aromatic rings. The van der Waals surface area contributed by atoms with E-state index in [1.807, 2.05) is 0 Å². The smallest absolute Gasteiger partial charge is 0.0551 e. The Morgan fingerprint density at radius 1 is 1.38 bits per heavy atom. The first-order chi connectivity index (χ1) is 6.33. The molecule has 1 spiro atoms. The molecule has 2 heterocycles. The van der Waals surface area contributed by atoms with E-state index in [9.17, 15) is 0 Å². The van der Waals surface area contributed by atoms with Gasteiger partial charge in [0.15, 0.2) is 0 Å². The molecule has 0 bridgehead atoms. The maximum Gasteiger partial charge on any atom is 0.0551 e. The van der Waals surface area contributed by atoms with Crippen LogP contribution >= 0.6 is 0 Å². The van der Waals surface area contributed by atoms with Crippen LogP contribution in [0.25, 0.3) is 0 Å². The van der Waals surface area contributed by atoms with Gasteiger partial charge in [-0.3, -0.25) is 0 Å². The molecule has 2 aliphatic heterocycles. The molecule has 0 radical (unpaired) electrons. The number of ether oxygens (including phenoxy) is 1. The molecule has 2 saturated heterocycles. The first-order valence-corrected chi connectivity index (χ1v) is 5.32. The minimum Gasteiger partial charge on any atom is -0.380 e. The second kappa shape index (κ2) is 3.56. The number of nitrogens with one attached hydrogen (secondary N) is 1. The minimum atomic E-state index is 0.425. The van der Waals surface area contributed by atoms with E-state index in [2.05, 4.69) is 12.2 Å². The molecule has 2 fully saturated rings. The van der Waals surface area contributed by atoms with Gasteiger partial charge in [-0.15, -0.1) is 0 Å². The second-order valence-electron chi connectivity index (χ2n) is 4.42. The Bertz CT molecular complexity index is 166. The summed E-state index contributed by atoms with van der Waals surface area (Å²) in [6.45, 7) is 7.18. The van der Waals surface area contributed by atoms with Crippen LogP contribution in [0.15, 0.2) is 0 Å². The third-order valence-electron chi connectivity index (χ3n) is 3.93. The van der Waals surface area contributed by atoms with E-state index in [1.165, 1.54) is 6.42 Å². The highest BCUT2D eigenvalue weighted by Gasteiger charge is 2.51. The van der Waals surface area contributed by atoms with Crippen molar-refractivity contribution in [3.63, 3.8) is 0 Å². The molecule has 0 saturated carbocycles. The van der Waals surface area contributed by atoms with Gasteiger partial charge < -0.3 is 15.8 Å². The number of hydrogen-bond acceptors (Lipinski definition) is 3. The van der Waals surface area contributed by atoms with Crippen molar-refractivity contribution in [2.45, 2.75) is 13.3 Å². The zero-order chi connectivity index (χ0) is 9.31. The topological polar surface area (TPSA) is 47.3 Å². The molecule has 0 amide bonds. The SMILES string of the molecule is CCC1CNCC(CN)C12COC2. The van der Waals surface area contributed by atoms with Gasteiger partial charge in [-0.1, -0.05) is 13.3 Å². The number of rotatable bonds is 2. The second-order valence-corrected chi connectivity index (χ2v) is 4.42. The largest absolute Gasteiger partial charge is 0.380 e. The summed E-state index contributed by atoms with van der Waals surface area (Å²) in [6.07, 6.45) is 1.24. The summed E-state index contributed by atoms with van der Waals surface area (Å²) in [5.41, 5.74) is 6.24. The van der Waals surface area contributed by atoms with Gasteiger partial charge in [-0.2, -0.15) is 0 Å². The van der Waals surface area contributed by atoms with Crippen molar-refractivity contribution in [3.8, 4) is 0 Å². The van der Waals surface area contributed by atoms with Crippen LogP contribution < -0.4 is 11.1 Å². The molecular weight excluding hydrogens is 164 g/mol. The lowest BCUT2D eigenvalue weighted by Gasteiger charge is -2.54. The Balaban J connectivity index is 2.11. The Morgan fingerprint density at radius 3 is 2.54 bits per heavy atom. The number of hydrogen-bond donors (Lipinski definition) is 2. The number of piperidine rings is 1. The van der Waals surface area contributed by atoms with Crippen molar-refractivity contribution in [1.29, 1.82) is 0 Å². The van der Waals surface area contributed by atoms with Gasteiger partial charge in [0.2, 0.25) is 0 Å². The van der Waals surface area contributed by atoms with Gasteiger partial charge >= 0.3 is 0 Å². The van der Waals surface area contributed by atoms with Gasteiger partial charge in [-0.05, 0) is 31.5 Å². The zero-order valence-electron chi connectivity index (χ0n) is 8.38. The monoisotopic (exact) mass is 184 g/mol. The van der Waals surface area contributed by atoms with Crippen molar-refractivity contribution in [1.82, 2.24) is 5.32 Å². The van der Waals surface area contributed by atoms with E-state index >= 15 is 0 Å². The predicted octanol–water partition coefficient (Wildman–Crippen LogP) is 0.207. The van der Waals surface area contributed by atoms with E-state index in [1.54, 1.807) is 0 Å². The molecular formula is C10H20N2O. The van der Waals surface area contributed by atoms with Crippen LogP contribution in [0, 0.1) is 17.3 Å². The van der Waals surface area contributed by atoms with Crippen molar-refractivity contribution < 1.29 is 4.74 Å². The van der Waals surface area contributed by atoms with Crippen molar-refractivity contribution >= 4 is 0 Å². The van der Waals surface area contributed by atoms with E-state index in [-0.39, 0.29) is 0 Å². The molecule has 2 unspecified atom stereocenters. The molecule has 2 aliphatic rings. The van der Waals surface area contributed by atoms with Crippen LogP contribution in [-0.2, 0) is 4.74 Å². The number of nitrogens with two attached hydrogens (primary N) is 1. The lowest BCUT2D eigenvalue weighted by molar-refractivity contribution is -0.186. The first kappa shape index (κ1) is 9.44. The summed E-state index contributed by atoms with van der Waals surface area (Å²) in [5, 5.41) is 3.47. The van der Waals surface area contributed by atoms with Gasteiger partial charge in [0.1, 0.15) is 0 Å².